The van der Waals surface area contributed by atoms with Crippen molar-refractivity contribution in [2.45, 2.75) is 39.5 Å². The minimum Gasteiger partial charge on any atom is -0.276 e. The molecule has 0 aliphatic heterocycles. The summed E-state index contributed by atoms with van der Waals surface area (Å²) in [4.78, 5) is 16.1. The number of aromatic nitrogens is 2. The number of nitrogens with zero attached hydrogens (tertiary/aromatic N) is 2. The van der Waals surface area contributed by atoms with Gasteiger partial charge in [0.2, 0.25) is 5.91 Å². The Morgan fingerprint density at radius 3 is 2.70 bits per heavy atom. The van der Waals surface area contributed by atoms with E-state index in [0.29, 0.717) is 12.3 Å². The number of imidazole rings is 1. The van der Waals surface area contributed by atoms with Gasteiger partial charge in [-0.25, -0.2) is 4.98 Å². The quantitative estimate of drug-likeness (QED) is 0.700. The SMILES string of the molecule is Cc1ccc2c(CCC(=O)n3ccnc3)ccc(C(C)C)cc1-2. The number of aryl methyl sites for hydroxylation is 2. The van der Waals surface area contributed by atoms with E-state index in [1.807, 2.05) is 0 Å². The van der Waals surface area contributed by atoms with Crippen LogP contribution in [0.3, 0.4) is 0 Å². The van der Waals surface area contributed by atoms with Crippen molar-refractivity contribution in [3.63, 3.8) is 0 Å². The molecule has 23 heavy (non-hydrogen) atoms. The van der Waals surface area contributed by atoms with Gasteiger partial charge in [0.05, 0.1) is 0 Å². The molecule has 0 N–H and O–H groups in total. The molecule has 0 fully saturated rings. The Labute approximate surface area is 137 Å². The maximum Gasteiger partial charge on any atom is 0.232 e. The van der Waals surface area contributed by atoms with Gasteiger partial charge < -0.3 is 0 Å². The van der Waals surface area contributed by atoms with Gasteiger partial charge in [0.1, 0.15) is 6.33 Å². The van der Waals surface area contributed by atoms with Crippen molar-refractivity contribution in [3.8, 4) is 11.1 Å². The normalized spacial score (nSPS) is 11.3. The van der Waals surface area contributed by atoms with Crippen LogP contribution >= 0.6 is 0 Å². The Bertz CT molecular complexity index is 788. The van der Waals surface area contributed by atoms with Crippen molar-refractivity contribution in [3.05, 3.63) is 65.7 Å². The Morgan fingerprint density at radius 2 is 2.00 bits per heavy atom. The molecule has 0 aromatic carbocycles. The van der Waals surface area contributed by atoms with Gasteiger partial charge in [0.15, 0.2) is 0 Å². The second kappa shape index (κ2) is 6.37. The van der Waals surface area contributed by atoms with Gasteiger partial charge >= 0.3 is 0 Å². The number of carbonyl (C=O) groups is 1. The van der Waals surface area contributed by atoms with E-state index in [1.54, 1.807) is 23.3 Å². The average molecular weight is 306 g/mol. The second-order valence-electron chi connectivity index (χ2n) is 6.36. The maximum atomic E-state index is 12.2. The van der Waals surface area contributed by atoms with E-state index in [9.17, 15) is 4.79 Å². The van der Waals surface area contributed by atoms with Gasteiger partial charge in [0, 0.05) is 18.8 Å². The minimum absolute atomic E-state index is 0.0783. The van der Waals surface area contributed by atoms with Crippen molar-refractivity contribution in [1.29, 1.82) is 0 Å². The lowest BCUT2D eigenvalue weighted by Crippen LogP contribution is -2.09. The molecule has 1 aromatic heterocycles. The smallest absolute Gasteiger partial charge is 0.232 e. The zero-order valence-corrected chi connectivity index (χ0v) is 13.9. The summed E-state index contributed by atoms with van der Waals surface area (Å²) in [5, 5.41) is 0. The van der Waals surface area contributed by atoms with Crippen molar-refractivity contribution in [2.75, 3.05) is 0 Å². The number of fused-ring (bicyclic) bond motifs is 1. The van der Waals surface area contributed by atoms with E-state index in [-0.39, 0.29) is 5.91 Å². The van der Waals surface area contributed by atoms with Crippen molar-refractivity contribution < 1.29 is 4.79 Å². The molecule has 0 radical (unpaired) electrons. The monoisotopic (exact) mass is 306 g/mol. The van der Waals surface area contributed by atoms with Crippen LogP contribution in [0, 0.1) is 6.92 Å². The highest BCUT2D eigenvalue weighted by molar-refractivity contribution is 5.80. The van der Waals surface area contributed by atoms with E-state index in [2.05, 4.69) is 56.1 Å². The number of hydrogen-bond donors (Lipinski definition) is 0. The molecule has 3 heteroatoms. The fourth-order valence-corrected chi connectivity index (χ4v) is 2.93. The van der Waals surface area contributed by atoms with Gasteiger partial charge in [-0.15, -0.1) is 0 Å². The lowest BCUT2D eigenvalue weighted by Gasteiger charge is -2.05. The molecule has 0 saturated heterocycles. The molecule has 0 bridgehead atoms. The molecule has 1 heterocycles. The van der Waals surface area contributed by atoms with Crippen LogP contribution in [0.4, 0.5) is 0 Å². The predicted octanol–water partition coefficient (Wildman–Crippen LogP) is 4.69. The first-order valence-electron chi connectivity index (χ1n) is 8.09. The molecule has 0 atom stereocenters. The fraction of sp³-hybridized carbons (Fsp3) is 0.300. The Balaban J connectivity index is 1.90. The summed E-state index contributed by atoms with van der Waals surface area (Å²) < 4.78 is 1.55. The summed E-state index contributed by atoms with van der Waals surface area (Å²) >= 11 is 0. The molecular weight excluding hydrogens is 284 g/mol. The molecule has 2 aliphatic carbocycles. The van der Waals surface area contributed by atoms with Crippen molar-refractivity contribution in [1.82, 2.24) is 9.55 Å². The third-order valence-corrected chi connectivity index (χ3v) is 4.42. The summed E-state index contributed by atoms with van der Waals surface area (Å²) in [6, 6.07) is 11.0. The molecule has 118 valence electrons. The average Bonchev–Trinajstić information content (AvgIpc) is 3.12. The number of carbonyl (C=O) groups excluding carboxylic acids is 1. The molecule has 0 amide bonds. The van der Waals surface area contributed by atoms with E-state index >= 15 is 0 Å². The van der Waals surface area contributed by atoms with Gasteiger partial charge in [-0.05, 0) is 47.1 Å². The van der Waals surface area contributed by atoms with Crippen LogP contribution in [-0.2, 0) is 6.42 Å². The standard InChI is InChI=1S/C20H22N2O/c1-14(2)17-6-5-16(18-8-4-15(3)19(18)12-17)7-9-20(23)22-11-10-21-13-22/h4-6,8,10-14H,7,9H2,1-3H3. The predicted molar refractivity (Wildman–Crippen MR) is 93.1 cm³/mol. The van der Waals surface area contributed by atoms with Crippen LogP contribution in [-0.4, -0.2) is 15.5 Å². The maximum absolute atomic E-state index is 12.2. The first-order chi connectivity index (χ1) is 11.1. The molecule has 0 saturated carbocycles. The summed E-state index contributed by atoms with van der Waals surface area (Å²) in [7, 11) is 0. The first-order valence-corrected chi connectivity index (χ1v) is 8.09. The molecule has 0 unspecified atom stereocenters. The zero-order chi connectivity index (χ0) is 16.4. The van der Waals surface area contributed by atoms with Crippen LogP contribution < -0.4 is 0 Å². The number of hydrogen-bond acceptors (Lipinski definition) is 2. The molecule has 3 nitrogen and oxygen atoms in total. The summed E-state index contributed by atoms with van der Waals surface area (Å²) in [5.74, 6) is 0.565. The molecule has 0 spiro atoms. The third-order valence-electron chi connectivity index (χ3n) is 4.42. The van der Waals surface area contributed by atoms with Crippen molar-refractivity contribution in [2.24, 2.45) is 0 Å². The first kappa shape index (κ1) is 15.5. The number of rotatable bonds is 4. The van der Waals surface area contributed by atoms with Gasteiger partial charge in [-0.3, -0.25) is 9.36 Å². The summed E-state index contributed by atoms with van der Waals surface area (Å²) in [6.45, 7) is 6.57. The van der Waals surface area contributed by atoms with Gasteiger partial charge in [0.25, 0.3) is 0 Å². The van der Waals surface area contributed by atoms with E-state index in [1.165, 1.54) is 27.8 Å². The van der Waals surface area contributed by atoms with Crippen LogP contribution in [0.2, 0.25) is 0 Å². The highest BCUT2D eigenvalue weighted by atomic mass is 16.2. The molecular formula is C20H22N2O. The van der Waals surface area contributed by atoms with E-state index < -0.39 is 0 Å². The largest absolute Gasteiger partial charge is 0.276 e. The van der Waals surface area contributed by atoms with E-state index in [0.717, 1.165) is 6.42 Å². The Kier molecular flexibility index (Phi) is 4.28. The molecule has 2 aliphatic rings. The highest BCUT2D eigenvalue weighted by Crippen LogP contribution is 2.33. The molecule has 1 aromatic rings. The van der Waals surface area contributed by atoms with Crippen LogP contribution in [0.15, 0.2) is 49.1 Å². The fourth-order valence-electron chi connectivity index (χ4n) is 2.93. The second-order valence-corrected chi connectivity index (χ2v) is 6.36. The zero-order valence-electron chi connectivity index (χ0n) is 13.9. The van der Waals surface area contributed by atoms with Crippen LogP contribution in [0.1, 0.15) is 47.7 Å². The topological polar surface area (TPSA) is 34.9 Å². The van der Waals surface area contributed by atoms with Crippen LogP contribution in [0.5, 0.6) is 0 Å². The lowest BCUT2D eigenvalue weighted by molar-refractivity contribution is 0.0903. The Hall–Kier alpha value is -2.42. The summed E-state index contributed by atoms with van der Waals surface area (Å²) in [5.41, 5.74) is 6.40. The van der Waals surface area contributed by atoms with Gasteiger partial charge in [-0.1, -0.05) is 44.2 Å². The van der Waals surface area contributed by atoms with E-state index in [4.69, 9.17) is 0 Å². The van der Waals surface area contributed by atoms with Crippen molar-refractivity contribution >= 4 is 5.91 Å². The summed E-state index contributed by atoms with van der Waals surface area (Å²) in [6.07, 6.45) is 6.12. The highest BCUT2D eigenvalue weighted by Gasteiger charge is 2.13. The third kappa shape index (κ3) is 3.19. The minimum atomic E-state index is 0.0783. The van der Waals surface area contributed by atoms with Gasteiger partial charge in [-0.2, -0.15) is 0 Å². The van der Waals surface area contributed by atoms with Crippen LogP contribution in [0.25, 0.3) is 11.1 Å². The lowest BCUT2D eigenvalue weighted by atomic mass is 10.0. The molecule has 3 rings (SSSR count). The Morgan fingerprint density at radius 1 is 1.17 bits per heavy atom.